The van der Waals surface area contributed by atoms with Crippen molar-refractivity contribution in [3.63, 3.8) is 0 Å². The molecule has 0 aliphatic heterocycles. The van der Waals surface area contributed by atoms with E-state index < -0.39 is 15.7 Å². The number of rotatable bonds is 8. The Kier molecular flexibility index (Phi) is 6.74. The Balaban J connectivity index is 1.58. The Morgan fingerprint density at radius 2 is 1.97 bits per heavy atom. The predicted octanol–water partition coefficient (Wildman–Crippen LogP) is 3.31. The van der Waals surface area contributed by atoms with Crippen LogP contribution in [0.4, 0.5) is 5.00 Å². The van der Waals surface area contributed by atoms with E-state index in [4.69, 9.17) is 5.73 Å². The standard InChI is InChI=1S/C21H26N2O4S2/c1-14-9-10-16-17(12-14)28-21(19(16)20(22)25)23-18(24)8-5-11-29(26,27)13-15-6-3-2-4-7-15/h2-4,6-7,14H,5,8-13H2,1H3,(H2,22,25)(H,23,24)/t14-/m0/s1. The number of anilines is 1. The number of hydrogen-bond donors (Lipinski definition) is 2. The molecule has 1 atom stereocenters. The highest BCUT2D eigenvalue weighted by Crippen LogP contribution is 2.39. The van der Waals surface area contributed by atoms with Gasteiger partial charge in [0.2, 0.25) is 5.91 Å². The van der Waals surface area contributed by atoms with Crippen molar-refractivity contribution in [1.82, 2.24) is 0 Å². The zero-order valence-electron chi connectivity index (χ0n) is 16.4. The largest absolute Gasteiger partial charge is 0.365 e. The zero-order chi connectivity index (χ0) is 21.0. The molecule has 0 spiro atoms. The summed E-state index contributed by atoms with van der Waals surface area (Å²) in [4.78, 5) is 25.4. The van der Waals surface area contributed by atoms with Crippen molar-refractivity contribution < 1.29 is 18.0 Å². The maximum atomic E-state index is 12.4. The third-order valence-electron chi connectivity index (χ3n) is 5.10. The Bertz CT molecular complexity index is 997. The van der Waals surface area contributed by atoms with Crippen molar-refractivity contribution in [3.05, 3.63) is 51.9 Å². The van der Waals surface area contributed by atoms with Crippen molar-refractivity contribution in [3.8, 4) is 0 Å². The average Bonchev–Trinajstić information content (AvgIpc) is 2.98. The summed E-state index contributed by atoms with van der Waals surface area (Å²) in [7, 11) is -3.28. The lowest BCUT2D eigenvalue weighted by Gasteiger charge is -2.18. The monoisotopic (exact) mass is 434 g/mol. The first-order valence-corrected chi connectivity index (χ1v) is 12.4. The van der Waals surface area contributed by atoms with Crippen LogP contribution in [0.2, 0.25) is 0 Å². The molecule has 29 heavy (non-hydrogen) atoms. The number of carbonyl (C=O) groups is 2. The van der Waals surface area contributed by atoms with E-state index in [-0.39, 0.29) is 30.3 Å². The summed E-state index contributed by atoms with van der Waals surface area (Å²) in [5, 5.41) is 3.28. The molecule has 1 aromatic heterocycles. The Hall–Kier alpha value is -2.19. The lowest BCUT2D eigenvalue weighted by Crippen LogP contribution is -2.19. The van der Waals surface area contributed by atoms with Gasteiger partial charge in [-0.15, -0.1) is 11.3 Å². The first-order valence-electron chi connectivity index (χ1n) is 9.73. The van der Waals surface area contributed by atoms with Gasteiger partial charge in [0.15, 0.2) is 9.84 Å². The molecule has 1 aliphatic carbocycles. The molecule has 2 aromatic rings. The number of fused-ring (bicyclic) bond motifs is 1. The van der Waals surface area contributed by atoms with Crippen LogP contribution >= 0.6 is 11.3 Å². The smallest absolute Gasteiger partial charge is 0.251 e. The fourth-order valence-electron chi connectivity index (χ4n) is 3.64. The minimum absolute atomic E-state index is 0.0306. The summed E-state index contributed by atoms with van der Waals surface area (Å²) in [6.07, 6.45) is 2.98. The molecular formula is C21H26N2O4S2. The normalized spacial score (nSPS) is 16.2. The second-order valence-corrected chi connectivity index (χ2v) is 10.9. The quantitative estimate of drug-likeness (QED) is 0.665. The average molecular weight is 435 g/mol. The van der Waals surface area contributed by atoms with Crippen molar-refractivity contribution >= 4 is 38.0 Å². The third-order valence-corrected chi connectivity index (χ3v) is 7.95. The van der Waals surface area contributed by atoms with Crippen molar-refractivity contribution in [2.45, 2.75) is 44.8 Å². The number of nitrogens with one attached hydrogen (secondary N) is 1. The highest BCUT2D eigenvalue weighted by molar-refractivity contribution is 7.90. The molecule has 6 nitrogen and oxygen atoms in total. The van der Waals surface area contributed by atoms with Gasteiger partial charge in [0.1, 0.15) is 5.00 Å². The van der Waals surface area contributed by atoms with Crippen LogP contribution in [-0.2, 0) is 33.2 Å². The van der Waals surface area contributed by atoms with E-state index >= 15 is 0 Å². The van der Waals surface area contributed by atoms with Gasteiger partial charge in [-0.05, 0) is 42.7 Å². The van der Waals surface area contributed by atoms with Crippen LogP contribution in [0.3, 0.4) is 0 Å². The van der Waals surface area contributed by atoms with Gasteiger partial charge in [0.25, 0.3) is 5.91 Å². The van der Waals surface area contributed by atoms with E-state index in [0.29, 0.717) is 16.5 Å². The Labute approximate surface area is 175 Å². The molecule has 1 aliphatic rings. The van der Waals surface area contributed by atoms with Crippen LogP contribution in [0.15, 0.2) is 30.3 Å². The van der Waals surface area contributed by atoms with E-state index in [2.05, 4.69) is 12.2 Å². The Morgan fingerprint density at radius 3 is 2.66 bits per heavy atom. The number of primary amides is 1. The molecule has 8 heteroatoms. The summed E-state index contributed by atoms with van der Waals surface area (Å²) in [6.45, 7) is 2.17. The minimum Gasteiger partial charge on any atom is -0.365 e. The van der Waals surface area contributed by atoms with E-state index in [1.54, 1.807) is 24.3 Å². The summed E-state index contributed by atoms with van der Waals surface area (Å²) < 4.78 is 24.5. The highest BCUT2D eigenvalue weighted by Gasteiger charge is 2.27. The number of benzene rings is 1. The maximum Gasteiger partial charge on any atom is 0.251 e. The summed E-state index contributed by atoms with van der Waals surface area (Å²) in [5.74, 6) is -0.375. The predicted molar refractivity (Wildman–Crippen MR) is 116 cm³/mol. The van der Waals surface area contributed by atoms with Crippen molar-refractivity contribution in [2.24, 2.45) is 11.7 Å². The van der Waals surface area contributed by atoms with Gasteiger partial charge in [-0.1, -0.05) is 37.3 Å². The summed E-state index contributed by atoms with van der Waals surface area (Å²) in [5.41, 5.74) is 7.68. The van der Waals surface area contributed by atoms with Crippen molar-refractivity contribution in [1.29, 1.82) is 0 Å². The number of carbonyl (C=O) groups excluding carboxylic acids is 2. The molecule has 1 aromatic carbocycles. The van der Waals surface area contributed by atoms with Crippen molar-refractivity contribution in [2.75, 3.05) is 11.1 Å². The molecule has 2 amide bonds. The van der Waals surface area contributed by atoms with Crippen LogP contribution < -0.4 is 11.1 Å². The highest BCUT2D eigenvalue weighted by atomic mass is 32.2. The maximum absolute atomic E-state index is 12.4. The zero-order valence-corrected chi connectivity index (χ0v) is 18.1. The first kappa shape index (κ1) is 21.5. The molecule has 3 N–H and O–H groups in total. The number of hydrogen-bond acceptors (Lipinski definition) is 5. The van der Waals surface area contributed by atoms with Gasteiger partial charge in [-0.25, -0.2) is 8.42 Å². The van der Waals surface area contributed by atoms with E-state index in [1.165, 1.54) is 11.3 Å². The lowest BCUT2D eigenvalue weighted by atomic mass is 9.88. The van der Waals surface area contributed by atoms with Crippen LogP contribution in [0, 0.1) is 5.92 Å². The summed E-state index contributed by atoms with van der Waals surface area (Å²) >= 11 is 1.41. The third kappa shape index (κ3) is 5.67. The van der Waals surface area contributed by atoms with Gasteiger partial charge >= 0.3 is 0 Å². The van der Waals surface area contributed by atoms with Gasteiger partial charge in [-0.2, -0.15) is 0 Å². The van der Waals surface area contributed by atoms with E-state index in [9.17, 15) is 18.0 Å². The number of sulfone groups is 1. The SMILES string of the molecule is C[C@H]1CCc2c(sc(NC(=O)CCCS(=O)(=O)Cc3ccccc3)c2C(N)=O)C1. The molecule has 0 radical (unpaired) electrons. The fraction of sp³-hybridized carbons (Fsp3) is 0.429. The number of amides is 2. The molecule has 0 unspecified atom stereocenters. The lowest BCUT2D eigenvalue weighted by molar-refractivity contribution is -0.116. The molecule has 0 fully saturated rings. The van der Waals surface area contributed by atoms with E-state index in [0.717, 1.165) is 35.3 Å². The van der Waals surface area contributed by atoms with Crippen LogP contribution in [0.25, 0.3) is 0 Å². The van der Waals surface area contributed by atoms with Gasteiger partial charge in [0, 0.05) is 11.3 Å². The molecule has 1 heterocycles. The minimum atomic E-state index is -3.28. The van der Waals surface area contributed by atoms with Crippen LogP contribution in [0.1, 0.15) is 52.5 Å². The molecule has 0 saturated heterocycles. The summed E-state index contributed by atoms with van der Waals surface area (Å²) in [6, 6.07) is 8.99. The topological polar surface area (TPSA) is 106 Å². The number of thiophene rings is 1. The van der Waals surface area contributed by atoms with Gasteiger partial charge < -0.3 is 11.1 Å². The second kappa shape index (κ2) is 9.09. The first-order chi connectivity index (χ1) is 13.7. The molecule has 156 valence electrons. The number of nitrogens with two attached hydrogens (primary N) is 1. The van der Waals surface area contributed by atoms with E-state index in [1.807, 2.05) is 6.07 Å². The van der Waals surface area contributed by atoms with Crippen LogP contribution in [0.5, 0.6) is 0 Å². The molecule has 0 bridgehead atoms. The Morgan fingerprint density at radius 1 is 1.24 bits per heavy atom. The van der Waals surface area contributed by atoms with Crippen LogP contribution in [-0.4, -0.2) is 26.0 Å². The van der Waals surface area contributed by atoms with Gasteiger partial charge in [0.05, 0.1) is 17.1 Å². The molecule has 3 rings (SSSR count). The second-order valence-electron chi connectivity index (χ2n) is 7.65. The molecule has 0 saturated carbocycles. The molecular weight excluding hydrogens is 408 g/mol. The van der Waals surface area contributed by atoms with Gasteiger partial charge in [-0.3, -0.25) is 9.59 Å². The fourth-order valence-corrected chi connectivity index (χ4v) is 6.50.